The minimum atomic E-state index is 1.05. The third-order valence-corrected chi connectivity index (χ3v) is 2.14. The largest absolute Gasteiger partial charge is 0.264 e. The van der Waals surface area contributed by atoms with E-state index in [2.05, 4.69) is 37.9 Å². The van der Waals surface area contributed by atoms with Crippen molar-refractivity contribution in [2.24, 2.45) is 0 Å². The van der Waals surface area contributed by atoms with Crippen LogP contribution in [0.15, 0.2) is 24.5 Å². The fourth-order valence-electron chi connectivity index (χ4n) is 1.25. The topological polar surface area (TPSA) is 12.9 Å². The van der Waals surface area contributed by atoms with Gasteiger partial charge < -0.3 is 0 Å². The van der Waals surface area contributed by atoms with Gasteiger partial charge in [0, 0.05) is 12.4 Å². The Kier molecular flexibility index (Phi) is 12.9. The summed E-state index contributed by atoms with van der Waals surface area (Å²) in [7, 11) is 0. The lowest BCUT2D eigenvalue weighted by atomic mass is 10.0. The van der Waals surface area contributed by atoms with E-state index in [0.29, 0.717) is 0 Å². The van der Waals surface area contributed by atoms with Crippen LogP contribution in [0, 0.1) is 0 Å². The summed E-state index contributed by atoms with van der Waals surface area (Å²) in [5, 5.41) is 0. The second kappa shape index (κ2) is 12.0. The first-order valence-corrected chi connectivity index (χ1v) is 6.35. The van der Waals surface area contributed by atoms with Gasteiger partial charge in [-0.15, -0.1) is 0 Å². The highest BCUT2D eigenvalue weighted by Crippen LogP contribution is 2.17. The number of aromatic nitrogens is 1. The van der Waals surface area contributed by atoms with Crippen molar-refractivity contribution in [3.05, 3.63) is 35.7 Å². The van der Waals surface area contributed by atoms with Gasteiger partial charge in [-0.1, -0.05) is 40.7 Å². The molecule has 1 heterocycles. The average molecular weight is 221 g/mol. The van der Waals surface area contributed by atoms with Crippen molar-refractivity contribution in [1.82, 2.24) is 4.98 Å². The summed E-state index contributed by atoms with van der Waals surface area (Å²) in [4.78, 5) is 4.11. The molecule has 0 bridgehead atoms. The van der Waals surface area contributed by atoms with Crippen LogP contribution in [-0.2, 0) is 6.42 Å². The molecule has 1 heteroatoms. The Bertz CT molecular complexity index is 287. The Balaban J connectivity index is 0. The van der Waals surface area contributed by atoms with E-state index in [1.54, 1.807) is 0 Å². The highest BCUT2D eigenvalue weighted by Gasteiger charge is 1.99. The van der Waals surface area contributed by atoms with Crippen LogP contribution in [0.1, 0.15) is 59.6 Å². The molecule has 0 fully saturated rings. The van der Waals surface area contributed by atoms with E-state index in [1.165, 1.54) is 16.7 Å². The van der Waals surface area contributed by atoms with Crippen molar-refractivity contribution in [1.29, 1.82) is 0 Å². The Morgan fingerprint density at radius 2 is 1.81 bits per heavy atom. The van der Waals surface area contributed by atoms with Crippen molar-refractivity contribution in [3.8, 4) is 0 Å². The van der Waals surface area contributed by atoms with Crippen LogP contribution < -0.4 is 0 Å². The molecule has 0 radical (unpaired) electrons. The minimum absolute atomic E-state index is 1.05. The molecule has 92 valence electrons. The molecule has 0 N–H and O–H groups in total. The van der Waals surface area contributed by atoms with Crippen LogP contribution >= 0.6 is 0 Å². The number of allylic oxidation sites excluding steroid dienone is 2. The zero-order valence-corrected chi connectivity index (χ0v) is 12.0. The van der Waals surface area contributed by atoms with Crippen molar-refractivity contribution >= 4 is 5.57 Å². The first-order valence-electron chi connectivity index (χ1n) is 6.35. The van der Waals surface area contributed by atoms with Crippen molar-refractivity contribution in [3.63, 3.8) is 0 Å². The predicted molar refractivity (Wildman–Crippen MR) is 75.6 cm³/mol. The molecule has 0 aliphatic rings. The third kappa shape index (κ3) is 5.69. The quantitative estimate of drug-likeness (QED) is 0.675. The molecule has 0 amide bonds. The number of pyridine rings is 1. The van der Waals surface area contributed by atoms with Gasteiger partial charge in [-0.25, -0.2) is 0 Å². The standard InChI is InChI=1S/C11H15N.2C2H6/c1-4-9(3)11-6-7-12-8-10(11)5-2;2*1-2/h4,6-8H,5H2,1-3H3;2*1-2H3/b9-4-;;. The maximum atomic E-state index is 4.11. The molecule has 0 aromatic carbocycles. The van der Waals surface area contributed by atoms with Gasteiger partial charge in [0.1, 0.15) is 0 Å². The van der Waals surface area contributed by atoms with E-state index < -0.39 is 0 Å². The normalized spacial score (nSPS) is 9.56. The molecule has 1 aromatic heterocycles. The van der Waals surface area contributed by atoms with Crippen LogP contribution in [0.5, 0.6) is 0 Å². The number of hydrogen-bond donors (Lipinski definition) is 0. The number of nitrogens with zero attached hydrogens (tertiary/aromatic N) is 1. The van der Waals surface area contributed by atoms with Crippen LogP contribution in [0.3, 0.4) is 0 Å². The first kappa shape index (κ1) is 17.3. The minimum Gasteiger partial charge on any atom is -0.264 e. The monoisotopic (exact) mass is 221 g/mol. The van der Waals surface area contributed by atoms with E-state index >= 15 is 0 Å². The molecule has 1 aromatic rings. The van der Waals surface area contributed by atoms with Crippen LogP contribution in [-0.4, -0.2) is 4.98 Å². The second-order valence-electron chi connectivity index (χ2n) is 2.86. The number of rotatable bonds is 2. The zero-order valence-electron chi connectivity index (χ0n) is 12.0. The molecule has 1 nitrogen and oxygen atoms in total. The summed E-state index contributed by atoms with van der Waals surface area (Å²) in [6.45, 7) is 14.4. The molecular formula is C15H27N. The van der Waals surface area contributed by atoms with Crippen molar-refractivity contribution in [2.75, 3.05) is 0 Å². The molecule has 0 aliphatic heterocycles. The van der Waals surface area contributed by atoms with Gasteiger partial charge in [0.25, 0.3) is 0 Å². The van der Waals surface area contributed by atoms with Crippen molar-refractivity contribution < 1.29 is 0 Å². The molecule has 0 spiro atoms. The van der Waals surface area contributed by atoms with Gasteiger partial charge in [-0.2, -0.15) is 0 Å². The third-order valence-electron chi connectivity index (χ3n) is 2.14. The molecule has 0 aliphatic carbocycles. The summed E-state index contributed by atoms with van der Waals surface area (Å²) in [6, 6.07) is 2.08. The van der Waals surface area contributed by atoms with E-state index in [9.17, 15) is 0 Å². The van der Waals surface area contributed by atoms with Gasteiger partial charge in [0.15, 0.2) is 0 Å². The number of hydrogen-bond acceptors (Lipinski definition) is 1. The lowest BCUT2D eigenvalue weighted by molar-refractivity contribution is 1.09. The fraction of sp³-hybridized carbons (Fsp3) is 0.533. The molecule has 0 saturated heterocycles. The van der Waals surface area contributed by atoms with Crippen LogP contribution in [0.4, 0.5) is 0 Å². The van der Waals surface area contributed by atoms with Gasteiger partial charge in [-0.05, 0) is 43.0 Å². The summed E-state index contributed by atoms with van der Waals surface area (Å²) < 4.78 is 0. The SMILES string of the molecule is C/C=C(/C)c1ccncc1CC.CC.CC. The maximum absolute atomic E-state index is 4.11. The summed E-state index contributed by atoms with van der Waals surface area (Å²) in [5.74, 6) is 0. The van der Waals surface area contributed by atoms with E-state index in [0.717, 1.165) is 6.42 Å². The number of aryl methyl sites for hydroxylation is 1. The Hall–Kier alpha value is -1.11. The fourth-order valence-corrected chi connectivity index (χ4v) is 1.25. The van der Waals surface area contributed by atoms with Crippen molar-refractivity contribution in [2.45, 2.75) is 54.9 Å². The van der Waals surface area contributed by atoms with E-state index in [-0.39, 0.29) is 0 Å². The van der Waals surface area contributed by atoms with Gasteiger partial charge >= 0.3 is 0 Å². The summed E-state index contributed by atoms with van der Waals surface area (Å²) >= 11 is 0. The highest BCUT2D eigenvalue weighted by atomic mass is 14.6. The Labute approximate surface area is 102 Å². The Morgan fingerprint density at radius 1 is 1.25 bits per heavy atom. The highest BCUT2D eigenvalue weighted by molar-refractivity contribution is 5.65. The Morgan fingerprint density at radius 3 is 2.25 bits per heavy atom. The molecule has 16 heavy (non-hydrogen) atoms. The molecule has 1 rings (SSSR count). The molecule has 0 saturated carbocycles. The lowest BCUT2D eigenvalue weighted by Gasteiger charge is -2.05. The van der Waals surface area contributed by atoms with Gasteiger partial charge in [0.2, 0.25) is 0 Å². The average Bonchev–Trinajstić information content (AvgIpc) is 2.42. The van der Waals surface area contributed by atoms with Crippen LogP contribution in [0.2, 0.25) is 0 Å². The second-order valence-corrected chi connectivity index (χ2v) is 2.86. The lowest BCUT2D eigenvalue weighted by Crippen LogP contribution is -1.90. The first-order chi connectivity index (χ1) is 7.79. The van der Waals surface area contributed by atoms with Gasteiger partial charge in [0.05, 0.1) is 0 Å². The molecule has 0 unspecified atom stereocenters. The van der Waals surface area contributed by atoms with Gasteiger partial charge in [-0.3, -0.25) is 4.98 Å². The smallest absolute Gasteiger partial charge is 0.0305 e. The van der Waals surface area contributed by atoms with E-state index in [1.807, 2.05) is 40.1 Å². The summed E-state index contributed by atoms with van der Waals surface area (Å²) in [5.41, 5.74) is 3.98. The molecular weight excluding hydrogens is 194 g/mol. The maximum Gasteiger partial charge on any atom is 0.0305 e. The predicted octanol–water partition coefficient (Wildman–Crippen LogP) is 5.12. The summed E-state index contributed by atoms with van der Waals surface area (Å²) in [6.07, 6.45) is 6.98. The van der Waals surface area contributed by atoms with E-state index in [4.69, 9.17) is 0 Å². The molecule has 0 atom stereocenters. The zero-order chi connectivity index (χ0) is 13.0. The van der Waals surface area contributed by atoms with Crippen LogP contribution in [0.25, 0.3) is 5.57 Å².